The summed E-state index contributed by atoms with van der Waals surface area (Å²) in [7, 11) is 1.70. The number of nitrogens with one attached hydrogen (secondary N) is 1. The zero-order valence-electron chi connectivity index (χ0n) is 17.2. The lowest BCUT2D eigenvalue weighted by atomic mass is 9.85. The molecule has 1 aliphatic rings. The maximum atomic E-state index is 11.9. The topological polar surface area (TPSA) is 60.5 Å². The summed E-state index contributed by atoms with van der Waals surface area (Å²) < 4.78 is 10.9. The summed E-state index contributed by atoms with van der Waals surface area (Å²) in [4.78, 5) is 16.4. The highest BCUT2D eigenvalue weighted by Crippen LogP contribution is 2.31. The lowest BCUT2D eigenvalue weighted by molar-refractivity contribution is 0.0490. The Kier molecular flexibility index (Phi) is 6.22. The number of amides is 1. The van der Waals surface area contributed by atoms with Crippen LogP contribution in [-0.4, -0.2) is 29.8 Å². The lowest BCUT2D eigenvalue weighted by Crippen LogP contribution is -2.40. The third-order valence-electron chi connectivity index (χ3n) is 5.03. The van der Waals surface area contributed by atoms with E-state index in [0.717, 1.165) is 47.9 Å². The minimum Gasteiger partial charge on any atom is -0.496 e. The Morgan fingerprint density at radius 3 is 2.61 bits per heavy atom. The molecule has 1 aliphatic carbocycles. The number of allylic oxidation sites excluding steroid dienone is 1. The number of alkyl carbamates (subject to hydrolysis) is 1. The summed E-state index contributed by atoms with van der Waals surface area (Å²) >= 11 is 0. The van der Waals surface area contributed by atoms with Crippen LogP contribution in [0.4, 0.5) is 4.79 Å². The average molecular weight is 383 g/mol. The van der Waals surface area contributed by atoms with E-state index in [-0.39, 0.29) is 12.1 Å². The van der Waals surface area contributed by atoms with Crippen molar-refractivity contribution in [3.05, 3.63) is 42.1 Å². The number of ether oxygens (including phenoxy) is 2. The number of hydrogen-bond acceptors (Lipinski definition) is 4. The Bertz CT molecular complexity index is 847. The molecule has 28 heavy (non-hydrogen) atoms. The number of aromatic nitrogens is 1. The first-order chi connectivity index (χ1) is 13.4. The zero-order chi connectivity index (χ0) is 20.1. The van der Waals surface area contributed by atoms with E-state index in [1.54, 1.807) is 13.3 Å². The molecule has 1 aromatic heterocycles. The van der Waals surface area contributed by atoms with Crippen molar-refractivity contribution in [2.75, 3.05) is 7.11 Å². The van der Waals surface area contributed by atoms with Crippen LogP contribution in [0.25, 0.3) is 17.0 Å². The Morgan fingerprint density at radius 2 is 1.93 bits per heavy atom. The number of hydrogen-bond donors (Lipinski definition) is 1. The molecule has 5 nitrogen and oxygen atoms in total. The van der Waals surface area contributed by atoms with Crippen LogP contribution in [0.2, 0.25) is 0 Å². The Labute approximate surface area is 167 Å². The molecular formula is C23H30N2O3. The number of pyridine rings is 1. The maximum absolute atomic E-state index is 11.9. The average Bonchev–Trinajstić information content (AvgIpc) is 2.65. The van der Waals surface area contributed by atoms with Crippen molar-refractivity contribution in [1.82, 2.24) is 10.3 Å². The van der Waals surface area contributed by atoms with Crippen LogP contribution in [0, 0.1) is 5.92 Å². The van der Waals surface area contributed by atoms with Gasteiger partial charge in [0.05, 0.1) is 12.6 Å². The van der Waals surface area contributed by atoms with Gasteiger partial charge in [0.2, 0.25) is 0 Å². The number of nitrogens with zero attached hydrogens (tertiary/aromatic N) is 1. The van der Waals surface area contributed by atoms with Crippen LogP contribution in [0.15, 0.2) is 36.5 Å². The molecule has 0 atom stereocenters. The van der Waals surface area contributed by atoms with Gasteiger partial charge in [0.25, 0.3) is 0 Å². The molecule has 3 rings (SSSR count). The molecule has 1 N–H and O–H groups in total. The molecule has 0 unspecified atom stereocenters. The summed E-state index contributed by atoms with van der Waals surface area (Å²) in [6, 6.07) is 8.17. The highest BCUT2D eigenvalue weighted by Gasteiger charge is 2.23. The monoisotopic (exact) mass is 382 g/mol. The summed E-state index contributed by atoms with van der Waals surface area (Å²) in [6.07, 6.45) is 9.93. The van der Waals surface area contributed by atoms with Gasteiger partial charge in [-0.05, 0) is 70.6 Å². The zero-order valence-corrected chi connectivity index (χ0v) is 17.2. The van der Waals surface area contributed by atoms with Crippen molar-refractivity contribution in [3.63, 3.8) is 0 Å². The van der Waals surface area contributed by atoms with Gasteiger partial charge in [-0.3, -0.25) is 4.98 Å². The highest BCUT2D eigenvalue weighted by atomic mass is 16.6. The van der Waals surface area contributed by atoms with Gasteiger partial charge in [-0.2, -0.15) is 0 Å². The second-order valence-electron chi connectivity index (χ2n) is 8.37. The van der Waals surface area contributed by atoms with E-state index < -0.39 is 5.60 Å². The molecular weight excluding hydrogens is 352 g/mol. The standard InChI is InChI=1S/C23H30N2O3/c1-23(2,3)28-22(26)25-17-10-7-16(8-11-17)9-12-19-18-6-5-15-24-20(18)13-14-21(19)27-4/h5-6,9,12-17H,7-8,10-11H2,1-4H3,(H,25,26)/b12-9+/t16-,17-. The first-order valence-corrected chi connectivity index (χ1v) is 9.95. The molecule has 150 valence electrons. The molecule has 0 spiro atoms. The molecule has 0 radical (unpaired) electrons. The Morgan fingerprint density at radius 1 is 1.18 bits per heavy atom. The Balaban J connectivity index is 1.62. The molecule has 0 saturated heterocycles. The van der Waals surface area contributed by atoms with E-state index in [1.165, 1.54) is 0 Å². The van der Waals surface area contributed by atoms with E-state index in [0.29, 0.717) is 5.92 Å². The summed E-state index contributed by atoms with van der Waals surface area (Å²) in [5, 5.41) is 4.09. The van der Waals surface area contributed by atoms with Crippen LogP contribution in [0.1, 0.15) is 52.0 Å². The molecule has 5 heteroatoms. The quantitative estimate of drug-likeness (QED) is 0.775. The van der Waals surface area contributed by atoms with Crippen LogP contribution >= 0.6 is 0 Å². The van der Waals surface area contributed by atoms with Crippen molar-refractivity contribution in [1.29, 1.82) is 0 Å². The number of benzene rings is 1. The first kappa shape index (κ1) is 20.2. The van der Waals surface area contributed by atoms with Crippen molar-refractivity contribution < 1.29 is 14.3 Å². The smallest absolute Gasteiger partial charge is 0.407 e. The fraction of sp³-hybridized carbons (Fsp3) is 0.478. The van der Waals surface area contributed by atoms with Crippen LogP contribution in [0.5, 0.6) is 5.75 Å². The van der Waals surface area contributed by atoms with Crippen molar-refractivity contribution in [2.24, 2.45) is 5.92 Å². The predicted molar refractivity (Wildman–Crippen MR) is 112 cm³/mol. The third kappa shape index (κ3) is 5.24. The number of methoxy groups -OCH3 is 1. The first-order valence-electron chi connectivity index (χ1n) is 9.95. The van der Waals surface area contributed by atoms with Gasteiger partial charge >= 0.3 is 6.09 Å². The van der Waals surface area contributed by atoms with E-state index in [2.05, 4.69) is 28.5 Å². The van der Waals surface area contributed by atoms with Crippen LogP contribution < -0.4 is 10.1 Å². The number of rotatable bonds is 4. The van der Waals surface area contributed by atoms with Crippen molar-refractivity contribution in [2.45, 2.75) is 58.1 Å². The molecule has 0 aliphatic heterocycles. The molecule has 1 amide bonds. The second-order valence-corrected chi connectivity index (χ2v) is 8.37. The van der Waals surface area contributed by atoms with Gasteiger partial charge in [0, 0.05) is 23.2 Å². The highest BCUT2D eigenvalue weighted by molar-refractivity contribution is 5.90. The molecule has 0 bridgehead atoms. The predicted octanol–water partition coefficient (Wildman–Crippen LogP) is 5.34. The largest absolute Gasteiger partial charge is 0.496 e. The summed E-state index contributed by atoms with van der Waals surface area (Å²) in [5.74, 6) is 1.35. The van der Waals surface area contributed by atoms with E-state index in [1.807, 2.05) is 39.0 Å². The molecule has 1 saturated carbocycles. The Hall–Kier alpha value is -2.56. The minimum atomic E-state index is -0.462. The van der Waals surface area contributed by atoms with E-state index in [9.17, 15) is 4.79 Å². The summed E-state index contributed by atoms with van der Waals surface area (Å²) in [5.41, 5.74) is 1.58. The van der Waals surface area contributed by atoms with Crippen LogP contribution in [-0.2, 0) is 4.74 Å². The molecule has 1 heterocycles. The normalized spacial score (nSPS) is 20.3. The van der Waals surface area contributed by atoms with Crippen molar-refractivity contribution in [3.8, 4) is 5.75 Å². The summed E-state index contributed by atoms with van der Waals surface area (Å²) in [6.45, 7) is 5.64. The van der Waals surface area contributed by atoms with Crippen LogP contribution in [0.3, 0.4) is 0 Å². The van der Waals surface area contributed by atoms with Gasteiger partial charge in [-0.25, -0.2) is 4.79 Å². The third-order valence-corrected chi connectivity index (χ3v) is 5.03. The lowest BCUT2D eigenvalue weighted by Gasteiger charge is -2.29. The molecule has 2 aromatic rings. The van der Waals surface area contributed by atoms with Crippen molar-refractivity contribution >= 4 is 23.1 Å². The van der Waals surface area contributed by atoms with Gasteiger partial charge < -0.3 is 14.8 Å². The SMILES string of the molecule is COc1ccc2ncccc2c1/C=C/[C@H]1CC[C@H](NC(=O)OC(C)(C)C)CC1. The fourth-order valence-electron chi connectivity index (χ4n) is 3.67. The van der Waals surface area contributed by atoms with Gasteiger partial charge in [-0.15, -0.1) is 0 Å². The van der Waals surface area contributed by atoms with E-state index in [4.69, 9.17) is 9.47 Å². The van der Waals surface area contributed by atoms with E-state index >= 15 is 0 Å². The molecule has 1 fully saturated rings. The minimum absolute atomic E-state index is 0.191. The second kappa shape index (κ2) is 8.63. The van der Waals surface area contributed by atoms with Gasteiger partial charge in [0.1, 0.15) is 11.4 Å². The number of fused-ring (bicyclic) bond motifs is 1. The maximum Gasteiger partial charge on any atom is 0.407 e. The molecule has 1 aromatic carbocycles. The van der Waals surface area contributed by atoms with Gasteiger partial charge in [0.15, 0.2) is 0 Å². The number of carbonyl (C=O) groups is 1. The van der Waals surface area contributed by atoms with Gasteiger partial charge in [-0.1, -0.05) is 18.2 Å². The fourth-order valence-corrected chi connectivity index (χ4v) is 3.67. The number of carbonyl (C=O) groups excluding carboxylic acids is 1.